The lowest BCUT2D eigenvalue weighted by atomic mass is 10.1. The Morgan fingerprint density at radius 3 is 2.38 bits per heavy atom. The number of carbonyl (C=O) groups excluding carboxylic acids is 1. The van der Waals surface area contributed by atoms with E-state index in [-0.39, 0.29) is 12.5 Å². The first-order valence-corrected chi connectivity index (χ1v) is 9.69. The van der Waals surface area contributed by atoms with Crippen molar-refractivity contribution in [3.8, 4) is 11.4 Å². The summed E-state index contributed by atoms with van der Waals surface area (Å²) in [4.78, 5) is 11.9. The molecule has 1 aromatic heterocycles. The van der Waals surface area contributed by atoms with E-state index < -0.39 is 0 Å². The van der Waals surface area contributed by atoms with Crippen LogP contribution in [-0.4, -0.2) is 23.3 Å². The second kappa shape index (κ2) is 8.97. The maximum absolute atomic E-state index is 11.9. The lowest BCUT2D eigenvalue weighted by Gasteiger charge is -2.11. The van der Waals surface area contributed by atoms with E-state index in [1.165, 1.54) is 11.1 Å². The summed E-state index contributed by atoms with van der Waals surface area (Å²) in [7, 11) is 0. The molecule has 3 aromatic rings. The number of hydrogen-bond donors (Lipinski definition) is 1. The van der Waals surface area contributed by atoms with E-state index in [0.717, 1.165) is 22.6 Å². The van der Waals surface area contributed by atoms with Gasteiger partial charge in [0.1, 0.15) is 5.75 Å². The van der Waals surface area contributed by atoms with Gasteiger partial charge in [0, 0.05) is 27.7 Å². The molecule has 0 radical (unpaired) electrons. The monoisotopic (exact) mass is 409 g/mol. The molecule has 0 spiro atoms. The van der Waals surface area contributed by atoms with E-state index in [1.54, 1.807) is 30.5 Å². The molecule has 150 valence electrons. The Morgan fingerprint density at radius 2 is 1.72 bits per heavy atom. The number of ether oxygens (including phenoxy) is 1. The number of nitrogens with one attached hydrogen (secondary N) is 1. The van der Waals surface area contributed by atoms with Crippen LogP contribution in [-0.2, 0) is 4.79 Å². The fraction of sp³-hybridized carbons (Fsp3) is 0.217. The summed E-state index contributed by atoms with van der Waals surface area (Å²) in [5.41, 5.74) is 9.16. The van der Waals surface area contributed by atoms with Crippen molar-refractivity contribution in [1.82, 2.24) is 9.99 Å². The number of halogens is 1. The summed E-state index contributed by atoms with van der Waals surface area (Å²) in [6.07, 6.45) is 1.65. The Morgan fingerprint density at radius 1 is 1.07 bits per heavy atom. The predicted molar refractivity (Wildman–Crippen MR) is 117 cm³/mol. The topological polar surface area (TPSA) is 55.6 Å². The molecule has 1 heterocycles. The third kappa shape index (κ3) is 5.27. The van der Waals surface area contributed by atoms with Crippen molar-refractivity contribution in [2.75, 3.05) is 6.61 Å². The maximum atomic E-state index is 11.9. The number of benzene rings is 2. The highest BCUT2D eigenvalue weighted by Crippen LogP contribution is 2.22. The van der Waals surface area contributed by atoms with Gasteiger partial charge in [-0.3, -0.25) is 4.79 Å². The Balaban J connectivity index is 1.65. The first-order valence-electron chi connectivity index (χ1n) is 9.31. The largest absolute Gasteiger partial charge is 0.484 e. The van der Waals surface area contributed by atoms with Gasteiger partial charge < -0.3 is 9.30 Å². The van der Waals surface area contributed by atoms with Gasteiger partial charge >= 0.3 is 0 Å². The van der Waals surface area contributed by atoms with Crippen LogP contribution in [0.15, 0.2) is 53.6 Å². The molecule has 3 rings (SSSR count). The van der Waals surface area contributed by atoms with Crippen LogP contribution in [0.3, 0.4) is 0 Å². The summed E-state index contributed by atoms with van der Waals surface area (Å²) < 4.78 is 7.59. The second-order valence-electron chi connectivity index (χ2n) is 7.04. The molecule has 0 fully saturated rings. The van der Waals surface area contributed by atoms with Crippen LogP contribution in [0.5, 0.6) is 5.75 Å². The predicted octanol–water partition coefficient (Wildman–Crippen LogP) is 4.89. The highest BCUT2D eigenvalue weighted by Gasteiger charge is 2.10. The lowest BCUT2D eigenvalue weighted by Crippen LogP contribution is -2.24. The molecule has 0 aliphatic heterocycles. The zero-order valence-electron chi connectivity index (χ0n) is 17.0. The van der Waals surface area contributed by atoms with Gasteiger partial charge in [0.2, 0.25) is 0 Å². The molecule has 2 aromatic carbocycles. The summed E-state index contributed by atoms with van der Waals surface area (Å²) in [6.45, 7) is 8.15. The minimum absolute atomic E-state index is 0.124. The molecular formula is C23H24ClN3O2. The average molecular weight is 410 g/mol. The van der Waals surface area contributed by atoms with Crippen molar-refractivity contribution in [1.29, 1.82) is 0 Å². The number of aromatic nitrogens is 1. The number of rotatable bonds is 6. The van der Waals surface area contributed by atoms with Gasteiger partial charge in [0.15, 0.2) is 6.61 Å². The molecule has 0 saturated heterocycles. The fourth-order valence-electron chi connectivity index (χ4n) is 3.28. The van der Waals surface area contributed by atoms with E-state index in [1.807, 2.05) is 13.0 Å². The number of amides is 1. The molecule has 5 nitrogen and oxygen atoms in total. The van der Waals surface area contributed by atoms with Crippen molar-refractivity contribution in [3.05, 3.63) is 81.6 Å². The van der Waals surface area contributed by atoms with Gasteiger partial charge in [-0.1, -0.05) is 17.7 Å². The second-order valence-corrected chi connectivity index (χ2v) is 7.48. The van der Waals surface area contributed by atoms with Gasteiger partial charge in [0.25, 0.3) is 5.91 Å². The first kappa shape index (κ1) is 20.7. The minimum Gasteiger partial charge on any atom is -0.484 e. The fourth-order valence-corrected chi connectivity index (χ4v) is 3.41. The van der Waals surface area contributed by atoms with Crippen molar-refractivity contribution < 1.29 is 9.53 Å². The summed E-state index contributed by atoms with van der Waals surface area (Å²) in [5.74, 6) is 0.241. The smallest absolute Gasteiger partial charge is 0.277 e. The highest BCUT2D eigenvalue weighted by atomic mass is 35.5. The molecule has 0 atom stereocenters. The van der Waals surface area contributed by atoms with Crippen molar-refractivity contribution in [2.24, 2.45) is 5.10 Å². The molecule has 0 aliphatic rings. The van der Waals surface area contributed by atoms with Crippen molar-refractivity contribution >= 4 is 23.7 Å². The van der Waals surface area contributed by atoms with E-state index in [4.69, 9.17) is 16.3 Å². The number of hydrogen-bond acceptors (Lipinski definition) is 3. The SMILES string of the molecule is Cc1cc(C)cc(-n2c(C)cc(/C=N\NC(=O)COc3ccc(Cl)cc3)c2C)c1. The van der Waals surface area contributed by atoms with E-state index in [9.17, 15) is 4.79 Å². The molecule has 0 saturated carbocycles. The molecule has 29 heavy (non-hydrogen) atoms. The number of nitrogens with zero attached hydrogens (tertiary/aromatic N) is 2. The van der Waals surface area contributed by atoms with Crippen LogP contribution in [0.25, 0.3) is 5.69 Å². The van der Waals surface area contributed by atoms with Crippen LogP contribution >= 0.6 is 11.6 Å². The van der Waals surface area contributed by atoms with Crippen LogP contribution in [0.1, 0.15) is 28.1 Å². The number of hydrazone groups is 1. The minimum atomic E-state index is -0.334. The molecule has 0 aliphatic carbocycles. The van der Waals surface area contributed by atoms with Crippen LogP contribution in [0.4, 0.5) is 0 Å². The molecule has 0 unspecified atom stereocenters. The first-order chi connectivity index (χ1) is 13.8. The van der Waals surface area contributed by atoms with Gasteiger partial charge in [0.05, 0.1) is 6.21 Å². The summed E-state index contributed by atoms with van der Waals surface area (Å²) >= 11 is 5.83. The Hall–Kier alpha value is -3.05. The standard InChI is InChI=1S/C23H24ClN3O2/c1-15-9-16(2)11-21(10-15)27-17(3)12-19(18(27)4)13-25-26-23(28)14-29-22-7-5-20(24)6-8-22/h5-13H,14H2,1-4H3,(H,26,28)/b25-13-. The van der Waals surface area contributed by atoms with E-state index in [0.29, 0.717) is 10.8 Å². The number of aryl methyl sites for hydroxylation is 3. The zero-order valence-corrected chi connectivity index (χ0v) is 17.7. The zero-order chi connectivity index (χ0) is 21.0. The maximum Gasteiger partial charge on any atom is 0.277 e. The summed E-state index contributed by atoms with van der Waals surface area (Å²) in [5, 5.41) is 4.69. The van der Waals surface area contributed by atoms with Crippen molar-refractivity contribution in [2.45, 2.75) is 27.7 Å². The van der Waals surface area contributed by atoms with Crippen molar-refractivity contribution in [3.63, 3.8) is 0 Å². The Labute approximate surface area is 176 Å². The van der Waals surface area contributed by atoms with E-state index >= 15 is 0 Å². The van der Waals surface area contributed by atoms with Crippen LogP contribution in [0, 0.1) is 27.7 Å². The molecular weight excluding hydrogens is 386 g/mol. The van der Waals surface area contributed by atoms with Crippen LogP contribution < -0.4 is 10.2 Å². The molecule has 1 N–H and O–H groups in total. The Bertz CT molecular complexity index is 1030. The summed E-state index contributed by atoms with van der Waals surface area (Å²) in [6, 6.07) is 15.3. The van der Waals surface area contributed by atoms with Crippen LogP contribution in [0.2, 0.25) is 5.02 Å². The van der Waals surface area contributed by atoms with Gasteiger partial charge in [-0.25, -0.2) is 5.43 Å². The van der Waals surface area contributed by atoms with Gasteiger partial charge in [-0.15, -0.1) is 0 Å². The number of carbonyl (C=O) groups is 1. The third-order valence-corrected chi connectivity index (χ3v) is 4.76. The molecule has 1 amide bonds. The normalized spacial score (nSPS) is 11.1. The Kier molecular flexibility index (Phi) is 6.39. The van der Waals surface area contributed by atoms with Gasteiger partial charge in [-0.2, -0.15) is 5.10 Å². The average Bonchev–Trinajstić information content (AvgIpc) is 2.94. The quantitative estimate of drug-likeness (QED) is 0.465. The third-order valence-electron chi connectivity index (χ3n) is 4.51. The lowest BCUT2D eigenvalue weighted by molar-refractivity contribution is -0.123. The van der Waals surface area contributed by atoms with E-state index in [2.05, 4.69) is 54.1 Å². The highest BCUT2D eigenvalue weighted by molar-refractivity contribution is 6.30. The molecule has 6 heteroatoms. The van der Waals surface area contributed by atoms with Gasteiger partial charge in [-0.05, 0) is 81.3 Å². The molecule has 0 bridgehead atoms.